The summed E-state index contributed by atoms with van der Waals surface area (Å²) in [6.45, 7) is 1.59. The van der Waals surface area contributed by atoms with Crippen LogP contribution in [-0.4, -0.2) is 44.5 Å². The lowest BCUT2D eigenvalue weighted by atomic mass is 9.60. The van der Waals surface area contributed by atoms with E-state index in [1.807, 2.05) is 0 Å². The van der Waals surface area contributed by atoms with Gasteiger partial charge in [-0.05, 0) is 30.2 Å². The third-order valence-electron chi connectivity index (χ3n) is 5.79. The summed E-state index contributed by atoms with van der Waals surface area (Å²) in [5, 5.41) is 43.6. The number of carbonyl (C=O) groups excluding carboxylic acids is 1. The smallest absolute Gasteiger partial charge is 0.162 e. The molecule has 0 saturated heterocycles. The van der Waals surface area contributed by atoms with Gasteiger partial charge < -0.3 is 25.2 Å². The van der Waals surface area contributed by atoms with Gasteiger partial charge in [0, 0.05) is 24.0 Å². The number of hydrogen-bond acceptors (Lipinski definition) is 6. The zero-order valence-electron chi connectivity index (χ0n) is 14.6. The summed E-state index contributed by atoms with van der Waals surface area (Å²) in [5.74, 6) is -0.950. The molecule has 0 amide bonds. The fourth-order valence-electron chi connectivity index (χ4n) is 4.65. The van der Waals surface area contributed by atoms with E-state index in [0.29, 0.717) is 28.0 Å². The third-order valence-corrected chi connectivity index (χ3v) is 5.79. The van der Waals surface area contributed by atoms with Crippen LogP contribution in [0, 0.1) is 5.92 Å². The number of ether oxygens (including phenoxy) is 1. The summed E-state index contributed by atoms with van der Waals surface area (Å²) in [6, 6.07) is 5.01. The molecule has 4 rings (SSSR count). The molecule has 0 spiro atoms. The zero-order valence-corrected chi connectivity index (χ0v) is 14.6. The highest BCUT2D eigenvalue weighted by Gasteiger charge is 2.57. The predicted octanol–water partition coefficient (Wildman–Crippen LogP) is 1.10. The minimum absolute atomic E-state index is 0.0833. The summed E-state index contributed by atoms with van der Waals surface area (Å²) in [5.41, 5.74) is -1.35. The highest BCUT2D eigenvalue weighted by Crippen LogP contribution is 2.56. The second-order valence-corrected chi connectivity index (χ2v) is 7.72. The van der Waals surface area contributed by atoms with E-state index in [-0.39, 0.29) is 18.6 Å². The van der Waals surface area contributed by atoms with Crippen LogP contribution in [0.15, 0.2) is 41.5 Å². The van der Waals surface area contributed by atoms with Crippen LogP contribution in [0.1, 0.15) is 43.1 Å². The molecule has 26 heavy (non-hydrogen) atoms. The van der Waals surface area contributed by atoms with E-state index >= 15 is 0 Å². The van der Waals surface area contributed by atoms with Crippen molar-refractivity contribution < 1.29 is 30.0 Å². The highest BCUT2D eigenvalue weighted by molar-refractivity contribution is 5.99. The van der Waals surface area contributed by atoms with Gasteiger partial charge >= 0.3 is 0 Å². The van der Waals surface area contributed by atoms with Crippen molar-refractivity contribution in [2.45, 2.75) is 43.2 Å². The number of allylic oxidation sites excluding steroid dienone is 1. The van der Waals surface area contributed by atoms with Crippen molar-refractivity contribution in [2.24, 2.45) is 5.92 Å². The molecule has 0 saturated carbocycles. The van der Waals surface area contributed by atoms with E-state index in [2.05, 4.69) is 0 Å². The normalized spacial score (nSPS) is 38.5. The number of benzene rings is 1. The lowest BCUT2D eigenvalue weighted by Gasteiger charge is -2.49. The lowest BCUT2D eigenvalue weighted by Crippen LogP contribution is -2.53. The van der Waals surface area contributed by atoms with Gasteiger partial charge in [0.05, 0.1) is 24.7 Å². The molecule has 6 heteroatoms. The molecular formula is C20H22O6. The molecule has 0 fully saturated rings. The standard InChI is InChI=1S/C20H22O6/c1-19(24)8-10-6-7-20(25)16(14(10)12(21)9-19)17(22)11-4-3-5-13(26-2)15(11)18(20)23/h3-7,16-18,22-25H,8-9H2,1-2H3/t16-,17-,18-,19+,20-/m0/s1. The summed E-state index contributed by atoms with van der Waals surface area (Å²) in [4.78, 5) is 12.7. The van der Waals surface area contributed by atoms with Crippen LogP contribution >= 0.6 is 0 Å². The number of aliphatic hydroxyl groups excluding tert-OH is 2. The molecule has 138 valence electrons. The number of aliphatic hydroxyl groups is 4. The Morgan fingerprint density at radius 3 is 2.62 bits per heavy atom. The monoisotopic (exact) mass is 358 g/mol. The Balaban J connectivity index is 1.92. The van der Waals surface area contributed by atoms with E-state index in [1.165, 1.54) is 13.2 Å². The Morgan fingerprint density at radius 2 is 1.92 bits per heavy atom. The Bertz CT molecular complexity index is 852. The topological polar surface area (TPSA) is 107 Å². The van der Waals surface area contributed by atoms with E-state index in [0.717, 1.165) is 0 Å². The molecule has 4 N–H and O–H groups in total. The molecule has 6 nitrogen and oxygen atoms in total. The van der Waals surface area contributed by atoms with Gasteiger partial charge in [0.25, 0.3) is 0 Å². The number of fused-ring (bicyclic) bond motifs is 3. The second kappa shape index (κ2) is 5.50. The molecule has 1 aromatic rings. The molecule has 0 unspecified atom stereocenters. The van der Waals surface area contributed by atoms with Gasteiger partial charge in [0.2, 0.25) is 0 Å². The van der Waals surface area contributed by atoms with Crippen LogP contribution in [0.2, 0.25) is 0 Å². The molecule has 0 radical (unpaired) electrons. The SMILES string of the molecule is COc1cccc2c1[C@H](O)[C@]1(O)C=CC3=C(C(=O)C[C@](C)(O)C3)[C@H]1[C@H]2O. The Labute approximate surface area is 151 Å². The van der Waals surface area contributed by atoms with Gasteiger partial charge in [-0.3, -0.25) is 4.79 Å². The first-order valence-electron chi connectivity index (χ1n) is 8.63. The van der Waals surface area contributed by atoms with Crippen molar-refractivity contribution in [3.63, 3.8) is 0 Å². The third kappa shape index (κ3) is 2.23. The molecule has 3 aliphatic carbocycles. The summed E-state index contributed by atoms with van der Waals surface area (Å²) >= 11 is 0. The Morgan fingerprint density at radius 1 is 1.19 bits per heavy atom. The molecule has 5 atom stereocenters. The van der Waals surface area contributed by atoms with Gasteiger partial charge in [-0.2, -0.15) is 0 Å². The average molecular weight is 358 g/mol. The second-order valence-electron chi connectivity index (χ2n) is 7.72. The zero-order chi connectivity index (χ0) is 18.9. The van der Waals surface area contributed by atoms with Crippen molar-refractivity contribution in [2.75, 3.05) is 7.11 Å². The first-order valence-corrected chi connectivity index (χ1v) is 8.63. The Kier molecular flexibility index (Phi) is 3.69. The molecule has 0 bridgehead atoms. The summed E-state index contributed by atoms with van der Waals surface area (Å²) < 4.78 is 5.29. The van der Waals surface area contributed by atoms with Gasteiger partial charge in [0.1, 0.15) is 17.5 Å². The van der Waals surface area contributed by atoms with Crippen molar-refractivity contribution in [3.8, 4) is 5.75 Å². The number of methoxy groups -OCH3 is 1. The van der Waals surface area contributed by atoms with Gasteiger partial charge in [-0.25, -0.2) is 0 Å². The largest absolute Gasteiger partial charge is 0.496 e. The quantitative estimate of drug-likeness (QED) is 0.599. The molecule has 0 aromatic heterocycles. The molecule has 1 aromatic carbocycles. The van der Waals surface area contributed by atoms with Crippen LogP contribution in [0.3, 0.4) is 0 Å². The molecule has 0 heterocycles. The van der Waals surface area contributed by atoms with Crippen molar-refractivity contribution in [1.29, 1.82) is 0 Å². The Hall–Kier alpha value is -1.99. The number of ketones is 1. The van der Waals surface area contributed by atoms with Crippen molar-refractivity contribution in [1.82, 2.24) is 0 Å². The van der Waals surface area contributed by atoms with Crippen molar-refractivity contribution in [3.05, 3.63) is 52.6 Å². The fraction of sp³-hybridized carbons (Fsp3) is 0.450. The van der Waals surface area contributed by atoms with Gasteiger partial charge in [-0.15, -0.1) is 0 Å². The van der Waals surface area contributed by atoms with Gasteiger partial charge in [-0.1, -0.05) is 18.2 Å². The van der Waals surface area contributed by atoms with Crippen molar-refractivity contribution >= 4 is 5.78 Å². The predicted molar refractivity (Wildman–Crippen MR) is 92.4 cm³/mol. The fourth-order valence-corrected chi connectivity index (χ4v) is 4.65. The van der Waals surface area contributed by atoms with Crippen LogP contribution in [0.4, 0.5) is 0 Å². The number of carbonyl (C=O) groups is 1. The maximum Gasteiger partial charge on any atom is 0.162 e. The summed E-state index contributed by atoms with van der Waals surface area (Å²) in [6.07, 6.45) is 0.630. The maximum absolute atomic E-state index is 12.7. The number of rotatable bonds is 1. The van der Waals surface area contributed by atoms with Gasteiger partial charge in [0.15, 0.2) is 5.78 Å². The maximum atomic E-state index is 12.7. The van der Waals surface area contributed by atoms with E-state index < -0.39 is 29.3 Å². The van der Waals surface area contributed by atoms with E-state index in [1.54, 1.807) is 31.2 Å². The first kappa shape index (κ1) is 17.4. The van der Waals surface area contributed by atoms with Crippen LogP contribution in [-0.2, 0) is 4.79 Å². The minimum Gasteiger partial charge on any atom is -0.496 e. The van der Waals surface area contributed by atoms with E-state index in [4.69, 9.17) is 4.74 Å². The lowest BCUT2D eigenvalue weighted by molar-refractivity contribution is -0.135. The number of Topliss-reactive ketones (excluding diaryl/α,β-unsaturated/α-hetero) is 1. The number of hydrogen-bond donors (Lipinski definition) is 4. The molecule has 0 aliphatic heterocycles. The highest BCUT2D eigenvalue weighted by atomic mass is 16.5. The first-order chi connectivity index (χ1) is 12.2. The van der Waals surface area contributed by atoms with Crippen LogP contribution in [0.25, 0.3) is 0 Å². The average Bonchev–Trinajstić information content (AvgIpc) is 2.58. The van der Waals surface area contributed by atoms with Crippen LogP contribution in [0.5, 0.6) is 5.75 Å². The molecule has 3 aliphatic rings. The molecular weight excluding hydrogens is 336 g/mol. The summed E-state index contributed by atoms with van der Waals surface area (Å²) in [7, 11) is 1.45. The van der Waals surface area contributed by atoms with E-state index in [9.17, 15) is 25.2 Å². The minimum atomic E-state index is -1.83. The van der Waals surface area contributed by atoms with Crippen LogP contribution < -0.4 is 4.74 Å².